The molecule has 7 heteroatoms. The van der Waals surface area contributed by atoms with E-state index in [4.69, 9.17) is 16.3 Å². The third-order valence-electron chi connectivity index (χ3n) is 3.32. The summed E-state index contributed by atoms with van der Waals surface area (Å²) >= 11 is 5.72. The van der Waals surface area contributed by atoms with Crippen LogP contribution in [0, 0.1) is 10.1 Å². The molecule has 2 atom stereocenters. The molecule has 0 spiro atoms. The summed E-state index contributed by atoms with van der Waals surface area (Å²) in [5.41, 5.74) is -0.478. The smallest absolute Gasteiger partial charge is 0.312 e. The summed E-state index contributed by atoms with van der Waals surface area (Å²) in [6, 6.07) is 1.29. The van der Waals surface area contributed by atoms with E-state index in [-0.39, 0.29) is 28.2 Å². The molecular weight excluding hydrogens is 258 g/mol. The summed E-state index contributed by atoms with van der Waals surface area (Å²) < 4.78 is 5.48. The standard InChI is InChI=1S/C11H14ClN3O3/c1-7-11(2,3-4-18-7)14-10-9(15(16)17)5-8(12)6-13-10/h5-7H,3-4H2,1-2H3,(H,13,14). The van der Waals surface area contributed by atoms with Crippen LogP contribution in [-0.4, -0.2) is 28.2 Å². The highest BCUT2D eigenvalue weighted by atomic mass is 35.5. The Balaban J connectivity index is 2.31. The Morgan fingerprint density at radius 1 is 1.72 bits per heavy atom. The normalized spacial score (nSPS) is 27.2. The quantitative estimate of drug-likeness (QED) is 0.675. The van der Waals surface area contributed by atoms with Gasteiger partial charge in [-0.1, -0.05) is 11.6 Å². The van der Waals surface area contributed by atoms with Crippen molar-refractivity contribution in [3.05, 3.63) is 27.4 Å². The molecule has 1 aliphatic heterocycles. The van der Waals surface area contributed by atoms with Crippen molar-refractivity contribution in [2.45, 2.75) is 31.9 Å². The van der Waals surface area contributed by atoms with Gasteiger partial charge in [0.25, 0.3) is 0 Å². The Morgan fingerprint density at radius 3 is 3.00 bits per heavy atom. The lowest BCUT2D eigenvalue weighted by Crippen LogP contribution is -2.41. The van der Waals surface area contributed by atoms with Crippen LogP contribution in [0.25, 0.3) is 0 Å². The Bertz CT molecular complexity index is 483. The van der Waals surface area contributed by atoms with E-state index in [0.717, 1.165) is 6.42 Å². The van der Waals surface area contributed by atoms with Gasteiger partial charge >= 0.3 is 5.69 Å². The van der Waals surface area contributed by atoms with Gasteiger partial charge in [0.05, 0.1) is 21.6 Å². The maximum Gasteiger partial charge on any atom is 0.312 e. The molecule has 18 heavy (non-hydrogen) atoms. The molecule has 1 aromatic heterocycles. The fraction of sp³-hybridized carbons (Fsp3) is 0.545. The number of pyridine rings is 1. The number of aromatic nitrogens is 1. The molecule has 1 aliphatic rings. The number of hydrogen-bond donors (Lipinski definition) is 1. The Labute approximate surface area is 109 Å². The second-order valence-corrected chi connectivity index (χ2v) is 5.02. The Hall–Kier alpha value is -1.40. The summed E-state index contributed by atoms with van der Waals surface area (Å²) in [4.78, 5) is 14.5. The minimum atomic E-state index is -0.495. The molecule has 0 aromatic carbocycles. The number of halogens is 1. The summed E-state index contributed by atoms with van der Waals surface area (Å²) in [5, 5.41) is 14.3. The van der Waals surface area contributed by atoms with Crippen LogP contribution in [0.5, 0.6) is 0 Å². The fourth-order valence-electron chi connectivity index (χ4n) is 1.93. The first-order valence-corrected chi connectivity index (χ1v) is 6.00. The molecule has 6 nitrogen and oxygen atoms in total. The van der Waals surface area contributed by atoms with Crippen LogP contribution in [0.2, 0.25) is 5.02 Å². The van der Waals surface area contributed by atoms with Gasteiger partial charge in [-0.05, 0) is 20.3 Å². The van der Waals surface area contributed by atoms with E-state index in [2.05, 4.69) is 10.3 Å². The molecule has 1 aromatic rings. The molecule has 0 amide bonds. The summed E-state index contributed by atoms with van der Waals surface area (Å²) in [6.07, 6.45) is 2.13. The predicted molar refractivity (Wildman–Crippen MR) is 68.0 cm³/mol. The minimum absolute atomic E-state index is 0.0328. The lowest BCUT2D eigenvalue weighted by Gasteiger charge is -2.29. The fourth-order valence-corrected chi connectivity index (χ4v) is 2.09. The topological polar surface area (TPSA) is 77.3 Å². The van der Waals surface area contributed by atoms with Gasteiger partial charge in [-0.25, -0.2) is 4.98 Å². The zero-order valence-corrected chi connectivity index (χ0v) is 10.9. The first-order chi connectivity index (χ1) is 8.42. The maximum absolute atomic E-state index is 11.0. The zero-order chi connectivity index (χ0) is 13.3. The van der Waals surface area contributed by atoms with Crippen molar-refractivity contribution < 1.29 is 9.66 Å². The zero-order valence-electron chi connectivity index (χ0n) is 10.1. The van der Waals surface area contributed by atoms with E-state index >= 15 is 0 Å². The molecule has 2 unspecified atom stereocenters. The minimum Gasteiger partial charge on any atom is -0.376 e. The van der Waals surface area contributed by atoms with Crippen molar-refractivity contribution >= 4 is 23.1 Å². The average Bonchev–Trinajstić information content (AvgIpc) is 2.61. The molecule has 2 rings (SSSR count). The molecule has 2 heterocycles. The van der Waals surface area contributed by atoms with Gasteiger partial charge in [0.15, 0.2) is 0 Å². The van der Waals surface area contributed by atoms with Gasteiger partial charge in [0.2, 0.25) is 5.82 Å². The second kappa shape index (κ2) is 4.70. The van der Waals surface area contributed by atoms with Crippen LogP contribution < -0.4 is 5.32 Å². The van der Waals surface area contributed by atoms with Crippen LogP contribution in [0.4, 0.5) is 11.5 Å². The van der Waals surface area contributed by atoms with E-state index in [0.29, 0.717) is 6.61 Å². The number of anilines is 1. The first kappa shape index (κ1) is 13.0. The molecule has 0 bridgehead atoms. The van der Waals surface area contributed by atoms with Crippen molar-refractivity contribution in [3.63, 3.8) is 0 Å². The highest BCUT2D eigenvalue weighted by Crippen LogP contribution is 2.33. The monoisotopic (exact) mass is 271 g/mol. The summed E-state index contributed by atoms with van der Waals surface area (Å²) in [6.45, 7) is 4.53. The Kier molecular flexibility index (Phi) is 3.41. The SMILES string of the molecule is CC1OCCC1(C)Nc1ncc(Cl)cc1[N+](=O)[O-]. The highest BCUT2D eigenvalue weighted by Gasteiger charge is 2.38. The molecule has 0 radical (unpaired) electrons. The molecule has 98 valence electrons. The van der Waals surface area contributed by atoms with Gasteiger partial charge in [-0.2, -0.15) is 0 Å². The van der Waals surface area contributed by atoms with Gasteiger partial charge < -0.3 is 10.1 Å². The van der Waals surface area contributed by atoms with Crippen LogP contribution in [0.15, 0.2) is 12.3 Å². The number of rotatable bonds is 3. The highest BCUT2D eigenvalue weighted by molar-refractivity contribution is 6.30. The van der Waals surface area contributed by atoms with Crippen LogP contribution in [0.3, 0.4) is 0 Å². The van der Waals surface area contributed by atoms with E-state index < -0.39 is 4.92 Å². The molecule has 0 aliphatic carbocycles. The van der Waals surface area contributed by atoms with E-state index in [1.54, 1.807) is 0 Å². The molecular formula is C11H14ClN3O3. The third kappa shape index (κ3) is 2.39. The summed E-state index contributed by atoms with van der Waals surface area (Å²) in [7, 11) is 0. The third-order valence-corrected chi connectivity index (χ3v) is 3.53. The van der Waals surface area contributed by atoms with Crippen molar-refractivity contribution in [3.8, 4) is 0 Å². The second-order valence-electron chi connectivity index (χ2n) is 4.58. The lowest BCUT2D eigenvalue weighted by molar-refractivity contribution is -0.384. The Morgan fingerprint density at radius 2 is 2.44 bits per heavy atom. The largest absolute Gasteiger partial charge is 0.376 e. The van der Waals surface area contributed by atoms with Gasteiger partial charge in [0, 0.05) is 18.9 Å². The van der Waals surface area contributed by atoms with Crippen LogP contribution in [-0.2, 0) is 4.74 Å². The first-order valence-electron chi connectivity index (χ1n) is 5.62. The predicted octanol–water partition coefficient (Wildman–Crippen LogP) is 2.62. The number of nitrogens with one attached hydrogen (secondary N) is 1. The van der Waals surface area contributed by atoms with Crippen molar-refractivity contribution in [1.29, 1.82) is 0 Å². The number of ether oxygens (including phenoxy) is 1. The van der Waals surface area contributed by atoms with Gasteiger partial charge in [-0.3, -0.25) is 10.1 Å². The van der Waals surface area contributed by atoms with Crippen molar-refractivity contribution in [2.75, 3.05) is 11.9 Å². The number of nitrogens with zero attached hydrogens (tertiary/aromatic N) is 2. The van der Waals surface area contributed by atoms with Crippen molar-refractivity contribution in [1.82, 2.24) is 4.98 Å². The van der Waals surface area contributed by atoms with Gasteiger partial charge in [-0.15, -0.1) is 0 Å². The number of nitro groups is 1. The summed E-state index contributed by atoms with van der Waals surface area (Å²) in [5.74, 6) is 0.226. The van der Waals surface area contributed by atoms with E-state index in [9.17, 15) is 10.1 Å². The van der Waals surface area contributed by atoms with Crippen LogP contribution in [0.1, 0.15) is 20.3 Å². The van der Waals surface area contributed by atoms with Gasteiger partial charge in [0.1, 0.15) is 0 Å². The van der Waals surface area contributed by atoms with E-state index in [1.807, 2.05) is 13.8 Å². The molecule has 1 saturated heterocycles. The molecule has 1 fully saturated rings. The van der Waals surface area contributed by atoms with Crippen LogP contribution >= 0.6 is 11.6 Å². The van der Waals surface area contributed by atoms with E-state index in [1.165, 1.54) is 12.3 Å². The van der Waals surface area contributed by atoms with Crippen molar-refractivity contribution in [2.24, 2.45) is 0 Å². The lowest BCUT2D eigenvalue weighted by atomic mass is 9.94. The molecule has 0 saturated carbocycles. The number of hydrogen-bond acceptors (Lipinski definition) is 5. The molecule has 1 N–H and O–H groups in total. The maximum atomic E-state index is 11.0. The average molecular weight is 272 g/mol.